The molecule has 2 aromatic carbocycles. The van der Waals surface area contributed by atoms with E-state index < -0.39 is 12.1 Å². The quantitative estimate of drug-likeness (QED) is 0.705. The molecule has 28 heavy (non-hydrogen) atoms. The van der Waals surface area contributed by atoms with Crippen LogP contribution in [0.3, 0.4) is 0 Å². The van der Waals surface area contributed by atoms with Crippen molar-refractivity contribution in [3.8, 4) is 0 Å². The van der Waals surface area contributed by atoms with E-state index in [1.165, 1.54) is 24.3 Å². The summed E-state index contributed by atoms with van der Waals surface area (Å²) in [5.74, 6) is -2.48. The largest absolute Gasteiger partial charge is 0.471 e. The van der Waals surface area contributed by atoms with Gasteiger partial charge in [0.1, 0.15) is 0 Å². The molecule has 0 spiro atoms. The number of hydrogen-bond donors (Lipinski definition) is 2. The summed E-state index contributed by atoms with van der Waals surface area (Å²) in [4.78, 5) is 34.8. The van der Waals surface area contributed by atoms with Crippen molar-refractivity contribution in [3.05, 3.63) is 65.2 Å². The third-order valence-corrected chi connectivity index (χ3v) is 3.91. The van der Waals surface area contributed by atoms with Crippen molar-refractivity contribution in [1.29, 1.82) is 0 Å². The Morgan fingerprint density at radius 3 is 2.07 bits per heavy atom. The Labute approximate surface area is 159 Å². The first-order valence-corrected chi connectivity index (χ1v) is 8.49. The number of halogens is 3. The van der Waals surface area contributed by atoms with Gasteiger partial charge in [-0.15, -0.1) is 0 Å². The van der Waals surface area contributed by atoms with Crippen LogP contribution in [0, 0.1) is 6.92 Å². The number of ketones is 1. The first kappa shape index (κ1) is 21.1. The van der Waals surface area contributed by atoms with Gasteiger partial charge in [-0.3, -0.25) is 14.4 Å². The van der Waals surface area contributed by atoms with Crippen LogP contribution in [-0.4, -0.2) is 23.8 Å². The maximum atomic E-state index is 12.2. The minimum atomic E-state index is -4.96. The van der Waals surface area contributed by atoms with Crippen molar-refractivity contribution in [1.82, 2.24) is 5.32 Å². The molecular formula is C20H19F3N2O3. The van der Waals surface area contributed by atoms with Crippen molar-refractivity contribution < 1.29 is 27.6 Å². The number of benzene rings is 2. The molecule has 148 valence electrons. The van der Waals surface area contributed by atoms with Crippen LogP contribution in [0.5, 0.6) is 0 Å². The van der Waals surface area contributed by atoms with Crippen molar-refractivity contribution in [2.75, 3.05) is 5.32 Å². The Balaban J connectivity index is 1.77. The predicted octanol–water partition coefficient (Wildman–Crippen LogP) is 3.78. The topological polar surface area (TPSA) is 75.3 Å². The molecule has 8 heteroatoms. The molecule has 0 saturated heterocycles. The van der Waals surface area contributed by atoms with Crippen LogP contribution in [0.1, 0.15) is 34.3 Å². The fourth-order valence-corrected chi connectivity index (χ4v) is 2.31. The molecule has 2 aromatic rings. The molecule has 0 aromatic heterocycles. The molecule has 2 rings (SSSR count). The van der Waals surface area contributed by atoms with Crippen LogP contribution in [0.15, 0.2) is 48.5 Å². The number of nitrogens with one attached hydrogen (secondary N) is 2. The van der Waals surface area contributed by atoms with Crippen LogP contribution in [0.25, 0.3) is 0 Å². The van der Waals surface area contributed by atoms with E-state index in [9.17, 15) is 27.6 Å². The molecule has 5 nitrogen and oxygen atoms in total. The van der Waals surface area contributed by atoms with Crippen LogP contribution < -0.4 is 10.6 Å². The second-order valence-corrected chi connectivity index (χ2v) is 6.21. The zero-order valence-electron chi connectivity index (χ0n) is 15.1. The summed E-state index contributed by atoms with van der Waals surface area (Å²) in [6.45, 7) is 2.07. The summed E-state index contributed by atoms with van der Waals surface area (Å²) in [7, 11) is 0. The van der Waals surface area contributed by atoms with Crippen LogP contribution >= 0.6 is 0 Å². The fourth-order valence-electron chi connectivity index (χ4n) is 2.31. The number of rotatable bonds is 7. The maximum absolute atomic E-state index is 12.2. The van der Waals surface area contributed by atoms with Crippen molar-refractivity contribution >= 4 is 23.3 Å². The molecule has 0 fully saturated rings. The van der Waals surface area contributed by atoms with Gasteiger partial charge in [-0.1, -0.05) is 42.0 Å². The highest BCUT2D eigenvalue weighted by atomic mass is 19.4. The van der Waals surface area contributed by atoms with Gasteiger partial charge in [0.25, 0.3) is 0 Å². The lowest BCUT2D eigenvalue weighted by Crippen LogP contribution is -2.29. The highest BCUT2D eigenvalue weighted by molar-refractivity contribution is 5.98. The van der Waals surface area contributed by atoms with E-state index in [0.717, 1.165) is 5.56 Å². The van der Waals surface area contributed by atoms with Crippen LogP contribution in [0.4, 0.5) is 18.9 Å². The Morgan fingerprint density at radius 2 is 1.50 bits per heavy atom. The minimum absolute atomic E-state index is 0.00101. The molecule has 0 aliphatic rings. The first-order valence-electron chi connectivity index (χ1n) is 8.49. The average Bonchev–Trinajstić information content (AvgIpc) is 2.65. The molecular weight excluding hydrogens is 373 g/mol. The number of hydrogen-bond acceptors (Lipinski definition) is 3. The predicted molar refractivity (Wildman–Crippen MR) is 97.7 cm³/mol. The molecule has 0 radical (unpaired) electrons. The Kier molecular flexibility index (Phi) is 6.92. The maximum Gasteiger partial charge on any atom is 0.471 e. The number of alkyl halides is 3. The van der Waals surface area contributed by atoms with Gasteiger partial charge in [0.2, 0.25) is 5.91 Å². The van der Waals surface area contributed by atoms with Gasteiger partial charge in [-0.2, -0.15) is 13.2 Å². The third kappa shape index (κ3) is 6.53. The van der Waals surface area contributed by atoms with Gasteiger partial charge in [0.05, 0.1) is 0 Å². The molecule has 0 heterocycles. The van der Waals surface area contributed by atoms with E-state index in [0.29, 0.717) is 11.1 Å². The molecule has 2 N–H and O–H groups in total. The highest BCUT2D eigenvalue weighted by Crippen LogP contribution is 2.18. The molecule has 0 aliphatic heterocycles. The molecule has 0 unspecified atom stereocenters. The van der Waals surface area contributed by atoms with E-state index in [-0.39, 0.29) is 36.8 Å². The van der Waals surface area contributed by atoms with Gasteiger partial charge in [0, 0.05) is 30.6 Å². The SMILES string of the molecule is Cc1ccc(C(=O)CCC(=O)NCc2ccc(NC(=O)C(F)(F)F)cc2)cc1. The second kappa shape index (κ2) is 9.16. The van der Waals surface area contributed by atoms with Crippen LogP contribution in [-0.2, 0) is 16.1 Å². The van der Waals surface area contributed by atoms with E-state index in [1.807, 2.05) is 19.1 Å². The summed E-state index contributed by atoms with van der Waals surface area (Å²) in [5.41, 5.74) is 2.23. The van der Waals surface area contributed by atoms with E-state index in [1.54, 1.807) is 17.4 Å². The van der Waals surface area contributed by atoms with E-state index >= 15 is 0 Å². The average molecular weight is 392 g/mol. The number of anilines is 1. The summed E-state index contributed by atoms with van der Waals surface area (Å²) in [5, 5.41) is 4.38. The number of carbonyl (C=O) groups is 3. The van der Waals surface area contributed by atoms with E-state index in [2.05, 4.69) is 5.32 Å². The van der Waals surface area contributed by atoms with Gasteiger partial charge in [-0.05, 0) is 24.6 Å². The standard InChI is InChI=1S/C20H19F3N2O3/c1-13-2-6-15(7-3-13)17(26)10-11-18(27)24-12-14-4-8-16(9-5-14)25-19(28)20(21,22)23/h2-9H,10-12H2,1H3,(H,24,27)(H,25,28). The van der Waals surface area contributed by atoms with E-state index in [4.69, 9.17) is 0 Å². The van der Waals surface area contributed by atoms with Crippen molar-refractivity contribution in [3.63, 3.8) is 0 Å². The number of amides is 2. The number of carbonyl (C=O) groups excluding carboxylic acids is 3. The fraction of sp³-hybridized carbons (Fsp3) is 0.250. The zero-order valence-corrected chi connectivity index (χ0v) is 15.1. The lowest BCUT2D eigenvalue weighted by molar-refractivity contribution is -0.167. The Hall–Kier alpha value is -3.16. The van der Waals surface area contributed by atoms with Gasteiger partial charge < -0.3 is 10.6 Å². The summed E-state index contributed by atoms with van der Waals surface area (Å²) < 4.78 is 36.6. The normalized spacial score (nSPS) is 11.0. The third-order valence-electron chi connectivity index (χ3n) is 3.91. The lowest BCUT2D eigenvalue weighted by atomic mass is 10.0. The molecule has 0 aliphatic carbocycles. The minimum Gasteiger partial charge on any atom is -0.352 e. The number of aryl methyl sites for hydroxylation is 1. The summed E-state index contributed by atoms with van der Waals surface area (Å²) in [6, 6.07) is 12.7. The monoisotopic (exact) mass is 392 g/mol. The smallest absolute Gasteiger partial charge is 0.352 e. The van der Waals surface area contributed by atoms with Gasteiger partial charge >= 0.3 is 12.1 Å². The van der Waals surface area contributed by atoms with Gasteiger partial charge in [-0.25, -0.2) is 0 Å². The molecule has 2 amide bonds. The zero-order chi connectivity index (χ0) is 20.7. The highest BCUT2D eigenvalue weighted by Gasteiger charge is 2.38. The van der Waals surface area contributed by atoms with Crippen LogP contribution in [0.2, 0.25) is 0 Å². The lowest BCUT2D eigenvalue weighted by Gasteiger charge is -2.09. The molecule has 0 bridgehead atoms. The first-order chi connectivity index (χ1) is 13.1. The molecule has 0 atom stereocenters. The second-order valence-electron chi connectivity index (χ2n) is 6.21. The van der Waals surface area contributed by atoms with Crippen molar-refractivity contribution in [2.45, 2.75) is 32.5 Å². The Bertz CT molecular complexity index is 844. The number of Topliss-reactive ketones (excluding diaryl/α,β-unsaturated/α-hetero) is 1. The van der Waals surface area contributed by atoms with Gasteiger partial charge in [0.15, 0.2) is 5.78 Å². The Morgan fingerprint density at radius 1 is 0.893 bits per heavy atom. The van der Waals surface area contributed by atoms with Crippen molar-refractivity contribution in [2.24, 2.45) is 0 Å². The summed E-state index contributed by atoms with van der Waals surface area (Å²) in [6.07, 6.45) is -4.84. The molecule has 0 saturated carbocycles. The summed E-state index contributed by atoms with van der Waals surface area (Å²) >= 11 is 0.